The number of anilines is 2. The van der Waals surface area contributed by atoms with Gasteiger partial charge in [0.15, 0.2) is 0 Å². The third-order valence-corrected chi connectivity index (χ3v) is 3.72. The number of nitrogens with one attached hydrogen (secondary N) is 1. The molecule has 118 valence electrons. The minimum absolute atomic E-state index is 0.187. The summed E-state index contributed by atoms with van der Waals surface area (Å²) in [6.07, 6.45) is -4.96. The van der Waals surface area contributed by atoms with Crippen LogP contribution in [0.4, 0.5) is 24.5 Å². The van der Waals surface area contributed by atoms with Crippen LogP contribution in [0.5, 0.6) is 0 Å². The Kier molecular flexibility index (Phi) is 5.05. The average Bonchev–Trinajstić information content (AvgIpc) is 2.37. The quantitative estimate of drug-likeness (QED) is 0.632. The zero-order valence-electron chi connectivity index (χ0n) is 10.9. The molecule has 1 aromatic rings. The van der Waals surface area contributed by atoms with E-state index in [0.717, 1.165) is 13.2 Å². The molecule has 1 rings (SSSR count). The number of rotatable bonds is 5. The van der Waals surface area contributed by atoms with Gasteiger partial charge in [-0.05, 0) is 18.2 Å². The van der Waals surface area contributed by atoms with Gasteiger partial charge in [-0.1, -0.05) is 0 Å². The van der Waals surface area contributed by atoms with E-state index in [0.29, 0.717) is 12.1 Å². The van der Waals surface area contributed by atoms with Gasteiger partial charge >= 0.3 is 12.1 Å². The van der Waals surface area contributed by atoms with Crippen molar-refractivity contribution in [2.24, 2.45) is 0 Å². The summed E-state index contributed by atoms with van der Waals surface area (Å²) in [5.41, 5.74) is 3.84. The lowest BCUT2D eigenvalue weighted by molar-refractivity contribution is -0.140. The van der Waals surface area contributed by atoms with Gasteiger partial charge in [0.2, 0.25) is 10.0 Å². The van der Waals surface area contributed by atoms with E-state index in [1.54, 1.807) is 0 Å². The van der Waals surface area contributed by atoms with Gasteiger partial charge < -0.3 is 10.5 Å². The summed E-state index contributed by atoms with van der Waals surface area (Å²) in [4.78, 5) is 10.9. The van der Waals surface area contributed by atoms with Crippen molar-refractivity contribution in [1.29, 1.82) is 0 Å². The summed E-state index contributed by atoms with van der Waals surface area (Å²) in [6, 6.07) is 2.24. The van der Waals surface area contributed by atoms with Gasteiger partial charge in [-0.15, -0.1) is 0 Å². The normalized spacial score (nSPS) is 12.0. The van der Waals surface area contributed by atoms with Crippen LogP contribution in [-0.4, -0.2) is 27.2 Å². The molecule has 6 nitrogen and oxygen atoms in total. The number of ether oxygens (including phenoxy) is 1. The monoisotopic (exact) mass is 326 g/mol. The van der Waals surface area contributed by atoms with E-state index in [1.807, 2.05) is 4.72 Å². The third-order valence-electron chi connectivity index (χ3n) is 2.45. The lowest BCUT2D eigenvalue weighted by Crippen LogP contribution is -2.20. The van der Waals surface area contributed by atoms with Gasteiger partial charge in [0.05, 0.1) is 36.2 Å². The van der Waals surface area contributed by atoms with Gasteiger partial charge in [-0.25, -0.2) is 8.42 Å². The number of esters is 1. The van der Waals surface area contributed by atoms with E-state index < -0.39 is 33.5 Å². The van der Waals surface area contributed by atoms with E-state index in [-0.39, 0.29) is 17.8 Å². The summed E-state index contributed by atoms with van der Waals surface area (Å²) in [5.74, 6) is -1.29. The molecule has 0 aliphatic heterocycles. The Hall–Kier alpha value is -1.97. The van der Waals surface area contributed by atoms with Gasteiger partial charge in [-0.3, -0.25) is 9.52 Å². The molecule has 21 heavy (non-hydrogen) atoms. The molecule has 0 spiro atoms. The Morgan fingerprint density at radius 2 is 2.00 bits per heavy atom. The van der Waals surface area contributed by atoms with Gasteiger partial charge in [-0.2, -0.15) is 13.2 Å². The molecule has 0 atom stereocenters. The number of benzene rings is 1. The van der Waals surface area contributed by atoms with Gasteiger partial charge in [0.1, 0.15) is 0 Å². The van der Waals surface area contributed by atoms with Crippen LogP contribution in [-0.2, 0) is 25.7 Å². The molecule has 0 aliphatic rings. The number of alkyl halides is 3. The second kappa shape index (κ2) is 6.20. The van der Waals surface area contributed by atoms with E-state index in [2.05, 4.69) is 4.74 Å². The summed E-state index contributed by atoms with van der Waals surface area (Å²) in [7, 11) is -2.82. The van der Waals surface area contributed by atoms with Gasteiger partial charge in [0, 0.05) is 0 Å². The fraction of sp³-hybridized carbons (Fsp3) is 0.364. The van der Waals surface area contributed by atoms with Crippen LogP contribution >= 0.6 is 0 Å². The molecule has 10 heteroatoms. The zero-order chi connectivity index (χ0) is 16.3. The highest BCUT2D eigenvalue weighted by molar-refractivity contribution is 7.92. The molecular formula is C11H13F3N2O4S. The number of carbonyl (C=O) groups is 1. The van der Waals surface area contributed by atoms with Crippen LogP contribution in [0.15, 0.2) is 18.2 Å². The van der Waals surface area contributed by atoms with E-state index in [4.69, 9.17) is 5.73 Å². The standard InChI is InChI=1S/C11H13F3N2O4S/c1-20-10(17)4-5-21(18,19)16-9-3-2-7(6-8(9)15)11(12,13)14/h2-3,6,16H,4-5,15H2,1H3. The molecular weight excluding hydrogens is 313 g/mol. The van der Waals surface area contributed by atoms with Crippen molar-refractivity contribution in [3.05, 3.63) is 23.8 Å². The first-order valence-electron chi connectivity index (χ1n) is 5.59. The molecule has 0 bridgehead atoms. The molecule has 0 amide bonds. The van der Waals surface area contributed by atoms with Crippen LogP contribution in [0, 0.1) is 0 Å². The largest absolute Gasteiger partial charge is 0.469 e. The Morgan fingerprint density at radius 1 is 1.38 bits per heavy atom. The number of nitrogens with two attached hydrogens (primary N) is 1. The summed E-state index contributed by atoms with van der Waals surface area (Å²) in [5, 5.41) is 0. The molecule has 3 N–H and O–H groups in total. The first kappa shape index (κ1) is 17.1. The molecule has 0 saturated carbocycles. The molecule has 0 fully saturated rings. The predicted octanol–water partition coefficient (Wildman–Crippen LogP) is 1.59. The third kappa shape index (κ3) is 5.14. The molecule has 0 radical (unpaired) electrons. The number of hydrogen-bond donors (Lipinski definition) is 2. The number of methoxy groups -OCH3 is 1. The Morgan fingerprint density at radius 3 is 2.48 bits per heavy atom. The minimum atomic E-state index is -4.57. The van der Waals surface area contributed by atoms with Crippen LogP contribution in [0.25, 0.3) is 0 Å². The van der Waals surface area contributed by atoms with Crippen molar-refractivity contribution in [2.75, 3.05) is 23.3 Å². The lowest BCUT2D eigenvalue weighted by Gasteiger charge is -2.12. The highest BCUT2D eigenvalue weighted by Gasteiger charge is 2.31. The van der Waals surface area contributed by atoms with Crippen LogP contribution in [0.1, 0.15) is 12.0 Å². The van der Waals surface area contributed by atoms with Crippen molar-refractivity contribution in [3.63, 3.8) is 0 Å². The second-order valence-corrected chi connectivity index (χ2v) is 5.89. The maximum Gasteiger partial charge on any atom is 0.416 e. The maximum absolute atomic E-state index is 12.4. The molecule has 0 aliphatic carbocycles. The van der Waals surface area contributed by atoms with Crippen LogP contribution in [0.3, 0.4) is 0 Å². The number of carbonyl (C=O) groups excluding carboxylic acids is 1. The fourth-order valence-electron chi connectivity index (χ4n) is 1.37. The Balaban J connectivity index is 2.86. The predicted molar refractivity (Wildman–Crippen MR) is 69.9 cm³/mol. The topological polar surface area (TPSA) is 98.5 Å². The Bertz CT molecular complexity index is 629. The van der Waals surface area contributed by atoms with Gasteiger partial charge in [0.25, 0.3) is 0 Å². The van der Waals surface area contributed by atoms with Crippen LogP contribution in [0.2, 0.25) is 0 Å². The number of sulfonamides is 1. The van der Waals surface area contributed by atoms with Crippen molar-refractivity contribution in [2.45, 2.75) is 12.6 Å². The molecule has 0 saturated heterocycles. The Labute approximate surface area is 119 Å². The summed E-state index contributed by atoms with van der Waals surface area (Å²) in [6.45, 7) is 0. The highest BCUT2D eigenvalue weighted by Crippen LogP contribution is 2.33. The number of nitrogen functional groups attached to an aromatic ring is 1. The number of hydrogen-bond acceptors (Lipinski definition) is 5. The average molecular weight is 326 g/mol. The molecule has 0 unspecified atom stereocenters. The zero-order valence-corrected chi connectivity index (χ0v) is 11.7. The van der Waals surface area contributed by atoms with Crippen molar-refractivity contribution < 1.29 is 31.1 Å². The fourth-order valence-corrected chi connectivity index (χ4v) is 2.43. The smallest absolute Gasteiger partial charge is 0.416 e. The minimum Gasteiger partial charge on any atom is -0.469 e. The first-order valence-corrected chi connectivity index (χ1v) is 7.24. The summed E-state index contributed by atoms with van der Waals surface area (Å²) < 4.78 is 66.9. The maximum atomic E-state index is 12.4. The van der Waals surface area contributed by atoms with E-state index >= 15 is 0 Å². The van der Waals surface area contributed by atoms with E-state index in [9.17, 15) is 26.4 Å². The number of halogens is 3. The second-order valence-electron chi connectivity index (χ2n) is 4.05. The van der Waals surface area contributed by atoms with E-state index in [1.165, 1.54) is 0 Å². The molecule has 1 aromatic carbocycles. The van der Waals surface area contributed by atoms with Crippen molar-refractivity contribution >= 4 is 27.4 Å². The first-order chi connectivity index (χ1) is 9.55. The summed E-state index contributed by atoms with van der Waals surface area (Å²) >= 11 is 0. The molecule has 0 aromatic heterocycles. The highest BCUT2D eigenvalue weighted by atomic mass is 32.2. The lowest BCUT2D eigenvalue weighted by atomic mass is 10.2. The molecule has 0 heterocycles. The van der Waals surface area contributed by atoms with Crippen molar-refractivity contribution in [1.82, 2.24) is 0 Å². The van der Waals surface area contributed by atoms with Crippen molar-refractivity contribution in [3.8, 4) is 0 Å². The van der Waals surface area contributed by atoms with Crippen LogP contribution < -0.4 is 10.5 Å². The SMILES string of the molecule is COC(=O)CCS(=O)(=O)Nc1ccc(C(F)(F)F)cc1N.